The van der Waals surface area contributed by atoms with Crippen molar-refractivity contribution in [2.75, 3.05) is 13.1 Å². The van der Waals surface area contributed by atoms with Gasteiger partial charge in [-0.15, -0.1) is 0 Å². The second-order valence-corrected chi connectivity index (χ2v) is 5.67. The number of benzene rings is 1. The number of amides is 1. The Labute approximate surface area is 130 Å². The Hall–Kier alpha value is -2.36. The van der Waals surface area contributed by atoms with Gasteiger partial charge in [-0.1, -0.05) is 17.7 Å². The van der Waals surface area contributed by atoms with Crippen molar-refractivity contribution >= 4 is 5.91 Å². The molecule has 0 unspecified atom stereocenters. The summed E-state index contributed by atoms with van der Waals surface area (Å²) in [4.78, 5) is 18.5. The van der Waals surface area contributed by atoms with Gasteiger partial charge in [-0.2, -0.15) is 0 Å². The predicted molar refractivity (Wildman–Crippen MR) is 85.0 cm³/mol. The van der Waals surface area contributed by atoms with Gasteiger partial charge in [0.1, 0.15) is 11.9 Å². The van der Waals surface area contributed by atoms with Crippen LogP contribution in [0, 0.1) is 6.92 Å². The van der Waals surface area contributed by atoms with Crippen molar-refractivity contribution in [3.05, 3.63) is 59.9 Å². The molecule has 0 aliphatic carbocycles. The average molecular weight is 296 g/mol. The summed E-state index contributed by atoms with van der Waals surface area (Å²) in [6.45, 7) is 3.47. The molecular formula is C18H20N2O2. The fourth-order valence-corrected chi connectivity index (χ4v) is 2.75. The summed E-state index contributed by atoms with van der Waals surface area (Å²) >= 11 is 0. The minimum Gasteiger partial charge on any atom is -0.489 e. The van der Waals surface area contributed by atoms with Gasteiger partial charge < -0.3 is 9.64 Å². The second kappa shape index (κ2) is 6.60. The van der Waals surface area contributed by atoms with E-state index in [0.29, 0.717) is 0 Å². The number of hydrogen-bond acceptors (Lipinski definition) is 3. The van der Waals surface area contributed by atoms with E-state index in [4.69, 9.17) is 4.74 Å². The molecule has 0 spiro atoms. The van der Waals surface area contributed by atoms with Crippen LogP contribution >= 0.6 is 0 Å². The molecule has 4 heteroatoms. The molecule has 1 aromatic carbocycles. The lowest BCUT2D eigenvalue weighted by molar-refractivity contribution is 0.0595. The predicted octanol–water partition coefficient (Wildman–Crippen LogP) is 3.07. The molecular weight excluding hydrogens is 276 g/mol. The number of nitrogens with zero attached hydrogens (tertiary/aromatic N) is 2. The standard InChI is InChI=1S/C18H20N2O2/c1-14-4-2-5-15(12-14)18(21)20-10-7-16(8-11-20)22-17-6-3-9-19-13-17/h2-6,9,12-13,16H,7-8,10-11H2,1H3. The van der Waals surface area contributed by atoms with E-state index < -0.39 is 0 Å². The van der Waals surface area contributed by atoms with E-state index >= 15 is 0 Å². The molecule has 2 aromatic rings. The van der Waals surface area contributed by atoms with Crippen LogP contribution in [0.25, 0.3) is 0 Å². The number of carbonyl (C=O) groups excluding carboxylic acids is 1. The van der Waals surface area contributed by atoms with Crippen molar-refractivity contribution in [1.82, 2.24) is 9.88 Å². The summed E-state index contributed by atoms with van der Waals surface area (Å²) in [5.74, 6) is 0.912. The molecule has 1 aliphatic rings. The van der Waals surface area contributed by atoms with Crippen molar-refractivity contribution in [1.29, 1.82) is 0 Å². The summed E-state index contributed by atoms with van der Waals surface area (Å²) in [6.07, 6.45) is 5.32. The van der Waals surface area contributed by atoms with E-state index in [0.717, 1.165) is 42.8 Å². The van der Waals surface area contributed by atoms with Crippen LogP contribution in [-0.4, -0.2) is 35.0 Å². The van der Waals surface area contributed by atoms with Gasteiger partial charge in [0.25, 0.3) is 5.91 Å². The zero-order valence-corrected chi connectivity index (χ0v) is 12.7. The number of carbonyl (C=O) groups is 1. The summed E-state index contributed by atoms with van der Waals surface area (Å²) < 4.78 is 5.91. The van der Waals surface area contributed by atoms with Gasteiger partial charge in [-0.3, -0.25) is 9.78 Å². The molecule has 2 heterocycles. The van der Waals surface area contributed by atoms with Crippen molar-refractivity contribution in [3.8, 4) is 5.75 Å². The number of ether oxygens (including phenoxy) is 1. The van der Waals surface area contributed by atoms with Crippen LogP contribution in [0.5, 0.6) is 5.75 Å². The molecule has 0 saturated carbocycles. The molecule has 22 heavy (non-hydrogen) atoms. The Morgan fingerprint density at radius 3 is 2.73 bits per heavy atom. The van der Waals surface area contributed by atoms with Crippen LogP contribution in [0.15, 0.2) is 48.8 Å². The van der Waals surface area contributed by atoms with Gasteiger partial charge in [-0.25, -0.2) is 0 Å². The van der Waals surface area contributed by atoms with Crippen molar-refractivity contribution in [2.45, 2.75) is 25.9 Å². The lowest BCUT2D eigenvalue weighted by Crippen LogP contribution is -2.41. The highest BCUT2D eigenvalue weighted by Gasteiger charge is 2.24. The van der Waals surface area contributed by atoms with E-state index in [2.05, 4.69) is 4.98 Å². The van der Waals surface area contributed by atoms with Crippen molar-refractivity contribution in [2.24, 2.45) is 0 Å². The Morgan fingerprint density at radius 1 is 1.23 bits per heavy atom. The Morgan fingerprint density at radius 2 is 2.05 bits per heavy atom. The molecule has 1 aromatic heterocycles. The normalized spacial score (nSPS) is 15.6. The quantitative estimate of drug-likeness (QED) is 0.874. The van der Waals surface area contributed by atoms with Crippen LogP contribution in [0.4, 0.5) is 0 Å². The van der Waals surface area contributed by atoms with Gasteiger partial charge in [-0.05, 0) is 31.2 Å². The Balaban J connectivity index is 1.56. The highest BCUT2D eigenvalue weighted by Crippen LogP contribution is 2.19. The molecule has 0 N–H and O–H groups in total. The topological polar surface area (TPSA) is 42.4 Å². The van der Waals surface area contributed by atoms with Crippen molar-refractivity contribution < 1.29 is 9.53 Å². The first-order chi connectivity index (χ1) is 10.7. The molecule has 0 radical (unpaired) electrons. The molecule has 4 nitrogen and oxygen atoms in total. The first-order valence-electron chi connectivity index (χ1n) is 7.65. The zero-order chi connectivity index (χ0) is 15.4. The third-order valence-electron chi connectivity index (χ3n) is 3.93. The molecule has 0 bridgehead atoms. The highest BCUT2D eigenvalue weighted by atomic mass is 16.5. The molecule has 1 aliphatic heterocycles. The first-order valence-corrected chi connectivity index (χ1v) is 7.65. The molecule has 1 saturated heterocycles. The summed E-state index contributed by atoms with van der Waals surface area (Å²) in [5, 5.41) is 0. The largest absolute Gasteiger partial charge is 0.489 e. The van der Waals surface area contributed by atoms with Crippen molar-refractivity contribution in [3.63, 3.8) is 0 Å². The minimum absolute atomic E-state index is 0.114. The first kappa shape index (κ1) is 14.6. The number of aryl methyl sites for hydroxylation is 1. The third-order valence-corrected chi connectivity index (χ3v) is 3.93. The number of likely N-dealkylation sites (tertiary alicyclic amines) is 1. The van der Waals surface area contributed by atoms with E-state index in [1.54, 1.807) is 12.4 Å². The summed E-state index contributed by atoms with van der Waals surface area (Å²) in [5.41, 5.74) is 1.88. The smallest absolute Gasteiger partial charge is 0.253 e. The van der Waals surface area contributed by atoms with Gasteiger partial charge in [0.15, 0.2) is 0 Å². The maximum Gasteiger partial charge on any atom is 0.253 e. The van der Waals surface area contributed by atoms with Crippen LogP contribution in [-0.2, 0) is 0 Å². The SMILES string of the molecule is Cc1cccc(C(=O)N2CCC(Oc3cccnc3)CC2)c1. The maximum absolute atomic E-state index is 12.5. The molecule has 1 fully saturated rings. The van der Waals surface area contributed by atoms with Gasteiger partial charge in [0.2, 0.25) is 0 Å². The van der Waals surface area contributed by atoms with E-state index in [1.165, 1.54) is 0 Å². The third kappa shape index (κ3) is 3.45. The van der Waals surface area contributed by atoms with E-state index in [9.17, 15) is 4.79 Å². The van der Waals surface area contributed by atoms with Crippen LogP contribution in [0.2, 0.25) is 0 Å². The van der Waals surface area contributed by atoms with Crippen LogP contribution in [0.1, 0.15) is 28.8 Å². The number of rotatable bonds is 3. The average Bonchev–Trinajstić information content (AvgIpc) is 2.56. The lowest BCUT2D eigenvalue weighted by atomic mass is 10.1. The fourth-order valence-electron chi connectivity index (χ4n) is 2.75. The lowest BCUT2D eigenvalue weighted by Gasteiger charge is -2.32. The van der Waals surface area contributed by atoms with Gasteiger partial charge in [0.05, 0.1) is 6.20 Å². The van der Waals surface area contributed by atoms with Gasteiger partial charge >= 0.3 is 0 Å². The number of pyridine rings is 1. The van der Waals surface area contributed by atoms with Crippen LogP contribution in [0.3, 0.4) is 0 Å². The summed E-state index contributed by atoms with van der Waals surface area (Å²) in [6, 6.07) is 11.5. The maximum atomic E-state index is 12.5. The zero-order valence-electron chi connectivity index (χ0n) is 12.7. The highest BCUT2D eigenvalue weighted by molar-refractivity contribution is 5.94. The van der Waals surface area contributed by atoms with Crippen LogP contribution < -0.4 is 4.74 Å². The molecule has 3 rings (SSSR count). The number of piperidine rings is 1. The minimum atomic E-state index is 0.114. The number of aromatic nitrogens is 1. The van der Waals surface area contributed by atoms with E-state index in [1.807, 2.05) is 48.2 Å². The molecule has 0 atom stereocenters. The molecule has 1 amide bonds. The fraction of sp³-hybridized carbons (Fsp3) is 0.333. The Bertz CT molecular complexity index is 635. The van der Waals surface area contributed by atoms with Gasteiger partial charge in [0, 0.05) is 37.7 Å². The summed E-state index contributed by atoms with van der Waals surface area (Å²) in [7, 11) is 0. The van der Waals surface area contributed by atoms with E-state index in [-0.39, 0.29) is 12.0 Å². The second-order valence-electron chi connectivity index (χ2n) is 5.67. The Kier molecular flexibility index (Phi) is 4.37. The number of hydrogen-bond donors (Lipinski definition) is 0. The molecule has 114 valence electrons. The monoisotopic (exact) mass is 296 g/mol.